The molecule has 0 atom stereocenters. The van der Waals surface area contributed by atoms with Crippen LogP contribution in [0.1, 0.15) is 22.8 Å². The van der Waals surface area contributed by atoms with E-state index in [0.717, 1.165) is 37.6 Å². The zero-order valence-electron chi connectivity index (χ0n) is 21.6. The van der Waals surface area contributed by atoms with Crippen LogP contribution in [-0.2, 0) is 16.0 Å². The van der Waals surface area contributed by atoms with Crippen molar-refractivity contribution in [3.05, 3.63) is 65.9 Å². The van der Waals surface area contributed by atoms with Gasteiger partial charge in [0.15, 0.2) is 11.6 Å². The molecule has 10 nitrogen and oxygen atoms in total. The highest BCUT2D eigenvalue weighted by atomic mass is 16.5. The lowest BCUT2D eigenvalue weighted by molar-refractivity contribution is -0.130. The summed E-state index contributed by atoms with van der Waals surface area (Å²) < 4.78 is 5.43. The van der Waals surface area contributed by atoms with Crippen LogP contribution in [0.5, 0.6) is 0 Å². The first-order valence-electron chi connectivity index (χ1n) is 12.9. The molecular weight excluding hydrogens is 482 g/mol. The van der Waals surface area contributed by atoms with Crippen molar-refractivity contribution in [1.82, 2.24) is 14.9 Å². The van der Waals surface area contributed by atoms with Crippen molar-refractivity contribution >= 4 is 40.5 Å². The molecule has 2 aliphatic rings. The quantitative estimate of drug-likeness (QED) is 0.458. The van der Waals surface area contributed by atoms with E-state index in [-0.39, 0.29) is 11.7 Å². The monoisotopic (exact) mass is 515 g/mol. The predicted octanol–water partition coefficient (Wildman–Crippen LogP) is 2.73. The fourth-order valence-corrected chi connectivity index (χ4v) is 4.71. The molecule has 0 radical (unpaired) electrons. The van der Waals surface area contributed by atoms with Crippen molar-refractivity contribution in [2.75, 3.05) is 73.3 Å². The van der Waals surface area contributed by atoms with Gasteiger partial charge in [-0.05, 0) is 36.8 Å². The normalized spacial score (nSPS) is 15.9. The minimum absolute atomic E-state index is 0.0167. The number of nitrogens with one attached hydrogen (secondary N) is 1. The minimum Gasteiger partial charge on any atom is -0.394 e. The SMILES string of the molecule is CC(=O)c1ccc(CC(=O)N2CCN(c3nc(Nc4ccc(N5CCOCC5)cc4)ncc3N)CC2)cc1. The van der Waals surface area contributed by atoms with Gasteiger partial charge in [0.25, 0.3) is 0 Å². The van der Waals surface area contributed by atoms with Gasteiger partial charge in [-0.3, -0.25) is 9.59 Å². The number of aromatic nitrogens is 2. The zero-order chi connectivity index (χ0) is 26.5. The Bertz CT molecular complexity index is 1270. The smallest absolute Gasteiger partial charge is 0.229 e. The molecule has 2 fully saturated rings. The van der Waals surface area contributed by atoms with Gasteiger partial charge in [0.2, 0.25) is 11.9 Å². The van der Waals surface area contributed by atoms with Gasteiger partial charge in [-0.1, -0.05) is 24.3 Å². The fraction of sp³-hybridized carbons (Fsp3) is 0.357. The molecule has 38 heavy (non-hydrogen) atoms. The highest BCUT2D eigenvalue weighted by Gasteiger charge is 2.24. The Kier molecular flexibility index (Phi) is 7.69. The average Bonchev–Trinajstić information content (AvgIpc) is 2.95. The standard InChI is InChI=1S/C28H33N7O3/c1-20(36)22-4-2-21(3-5-22)18-26(37)34-10-12-35(13-11-34)27-25(29)19-30-28(32-27)31-23-6-8-24(9-7-23)33-14-16-38-17-15-33/h2-9,19H,10-18,29H2,1H3,(H,30,31,32). The van der Waals surface area contributed by atoms with Gasteiger partial charge in [-0.15, -0.1) is 0 Å². The molecule has 5 rings (SSSR count). The second kappa shape index (κ2) is 11.5. The number of nitrogens with two attached hydrogens (primary N) is 1. The molecule has 0 saturated carbocycles. The molecule has 2 aromatic carbocycles. The largest absolute Gasteiger partial charge is 0.394 e. The van der Waals surface area contributed by atoms with Crippen LogP contribution < -0.4 is 20.9 Å². The Balaban J connectivity index is 1.17. The number of amides is 1. The van der Waals surface area contributed by atoms with Gasteiger partial charge >= 0.3 is 0 Å². The Hall–Kier alpha value is -4.18. The molecule has 3 N–H and O–H groups in total. The zero-order valence-corrected chi connectivity index (χ0v) is 21.6. The lowest BCUT2D eigenvalue weighted by Gasteiger charge is -2.36. The topological polar surface area (TPSA) is 117 Å². The van der Waals surface area contributed by atoms with Gasteiger partial charge in [0.05, 0.1) is 31.5 Å². The lowest BCUT2D eigenvalue weighted by atomic mass is 10.1. The molecule has 198 valence electrons. The van der Waals surface area contributed by atoms with Crippen LogP contribution in [0, 0.1) is 0 Å². The predicted molar refractivity (Wildman–Crippen MR) is 148 cm³/mol. The van der Waals surface area contributed by atoms with Crippen molar-refractivity contribution in [3.63, 3.8) is 0 Å². The Labute approximate surface area is 222 Å². The third-order valence-corrected chi connectivity index (χ3v) is 6.94. The summed E-state index contributed by atoms with van der Waals surface area (Å²) in [7, 11) is 0. The molecular formula is C28H33N7O3. The first-order valence-corrected chi connectivity index (χ1v) is 12.9. The van der Waals surface area contributed by atoms with E-state index < -0.39 is 0 Å². The number of nitrogens with zero attached hydrogens (tertiary/aromatic N) is 5. The maximum Gasteiger partial charge on any atom is 0.229 e. The minimum atomic E-state index is 0.0167. The molecule has 1 aromatic heterocycles. The number of morpholine rings is 1. The maximum atomic E-state index is 12.8. The van der Waals surface area contributed by atoms with Crippen LogP contribution >= 0.6 is 0 Å². The van der Waals surface area contributed by atoms with Crippen LogP contribution in [-0.4, -0.2) is 79.0 Å². The first-order chi connectivity index (χ1) is 18.5. The average molecular weight is 516 g/mol. The first kappa shape index (κ1) is 25.5. The molecule has 3 heterocycles. The number of Topliss-reactive ketones (excluding diaryl/α,β-unsaturated/α-hetero) is 1. The van der Waals surface area contributed by atoms with Crippen LogP contribution in [0.2, 0.25) is 0 Å². The Morgan fingerprint density at radius 1 is 0.921 bits per heavy atom. The highest BCUT2D eigenvalue weighted by molar-refractivity contribution is 5.94. The van der Waals surface area contributed by atoms with Crippen molar-refractivity contribution < 1.29 is 14.3 Å². The van der Waals surface area contributed by atoms with Gasteiger partial charge in [-0.2, -0.15) is 4.98 Å². The fourth-order valence-electron chi connectivity index (χ4n) is 4.71. The number of rotatable bonds is 7. The number of nitrogen functional groups attached to an aromatic ring is 1. The van der Waals surface area contributed by atoms with Gasteiger partial charge in [-0.25, -0.2) is 4.98 Å². The van der Waals surface area contributed by atoms with E-state index in [1.807, 2.05) is 29.2 Å². The summed E-state index contributed by atoms with van der Waals surface area (Å²) in [6, 6.07) is 15.4. The molecule has 0 bridgehead atoms. The molecule has 1 amide bonds. The number of hydrogen-bond donors (Lipinski definition) is 2. The maximum absolute atomic E-state index is 12.8. The number of benzene rings is 2. The molecule has 0 unspecified atom stereocenters. The number of carbonyl (C=O) groups excluding carboxylic acids is 2. The van der Waals surface area contributed by atoms with Gasteiger partial charge in [0.1, 0.15) is 0 Å². The number of ketones is 1. The molecule has 0 spiro atoms. The van der Waals surface area contributed by atoms with Crippen molar-refractivity contribution in [2.24, 2.45) is 0 Å². The van der Waals surface area contributed by atoms with Crippen LogP contribution in [0.15, 0.2) is 54.7 Å². The number of hydrogen-bond acceptors (Lipinski definition) is 9. The molecule has 10 heteroatoms. The van der Waals surface area contributed by atoms with E-state index in [1.165, 1.54) is 12.6 Å². The van der Waals surface area contributed by atoms with E-state index in [4.69, 9.17) is 10.5 Å². The number of piperazine rings is 1. The van der Waals surface area contributed by atoms with Crippen LogP contribution in [0.3, 0.4) is 0 Å². The third kappa shape index (κ3) is 6.03. The highest BCUT2D eigenvalue weighted by Crippen LogP contribution is 2.25. The summed E-state index contributed by atoms with van der Waals surface area (Å²) in [4.78, 5) is 39.6. The third-order valence-electron chi connectivity index (χ3n) is 6.94. The summed E-state index contributed by atoms with van der Waals surface area (Å²) in [5.41, 5.74) is 10.3. The Morgan fingerprint density at radius 2 is 1.61 bits per heavy atom. The lowest BCUT2D eigenvalue weighted by Crippen LogP contribution is -2.49. The molecule has 2 aliphatic heterocycles. The van der Waals surface area contributed by atoms with E-state index >= 15 is 0 Å². The van der Waals surface area contributed by atoms with E-state index in [9.17, 15) is 9.59 Å². The van der Waals surface area contributed by atoms with E-state index in [1.54, 1.807) is 18.3 Å². The van der Waals surface area contributed by atoms with Crippen molar-refractivity contribution in [2.45, 2.75) is 13.3 Å². The number of ether oxygens (including phenoxy) is 1. The Morgan fingerprint density at radius 3 is 2.26 bits per heavy atom. The summed E-state index contributed by atoms with van der Waals surface area (Å²) in [5, 5.41) is 3.27. The molecule has 2 saturated heterocycles. The number of carbonyl (C=O) groups is 2. The second-order valence-corrected chi connectivity index (χ2v) is 9.54. The van der Waals surface area contributed by atoms with Gasteiger partial charge in [0, 0.05) is 56.2 Å². The second-order valence-electron chi connectivity index (χ2n) is 9.54. The number of anilines is 5. The van der Waals surface area contributed by atoms with Crippen molar-refractivity contribution in [1.29, 1.82) is 0 Å². The summed E-state index contributed by atoms with van der Waals surface area (Å²) in [5.74, 6) is 1.22. The molecule has 0 aliphatic carbocycles. The van der Waals surface area contributed by atoms with E-state index in [2.05, 4.69) is 37.2 Å². The van der Waals surface area contributed by atoms with Crippen molar-refractivity contribution in [3.8, 4) is 0 Å². The summed E-state index contributed by atoms with van der Waals surface area (Å²) in [6.07, 6.45) is 1.93. The summed E-state index contributed by atoms with van der Waals surface area (Å²) >= 11 is 0. The van der Waals surface area contributed by atoms with Crippen LogP contribution in [0.4, 0.5) is 28.8 Å². The molecule has 3 aromatic rings. The van der Waals surface area contributed by atoms with Gasteiger partial charge < -0.3 is 30.5 Å². The summed E-state index contributed by atoms with van der Waals surface area (Å²) in [6.45, 7) is 7.25. The van der Waals surface area contributed by atoms with Crippen LogP contribution in [0.25, 0.3) is 0 Å². The van der Waals surface area contributed by atoms with E-state index in [0.29, 0.717) is 55.6 Å².